The molecule has 0 aliphatic carbocycles. The van der Waals surface area contributed by atoms with Gasteiger partial charge in [0.25, 0.3) is 0 Å². The fraction of sp³-hybridized carbons (Fsp3) is 0. The van der Waals surface area contributed by atoms with E-state index in [1.54, 1.807) is 12.1 Å². The summed E-state index contributed by atoms with van der Waals surface area (Å²) in [7, 11) is 0. The summed E-state index contributed by atoms with van der Waals surface area (Å²) < 4.78 is 14.8. The van der Waals surface area contributed by atoms with E-state index in [0.717, 1.165) is 9.26 Å². The lowest BCUT2D eigenvalue weighted by Crippen LogP contribution is -2.19. The smallest absolute Gasteiger partial charge is 0.175 e. The number of hydrogen-bond donors (Lipinski definition) is 2. The fourth-order valence-corrected chi connectivity index (χ4v) is 2.18. The molecule has 2 N–H and O–H groups in total. The molecular weight excluding hydrogens is 398 g/mol. The molecule has 0 bridgehead atoms. The second-order valence-corrected chi connectivity index (χ2v) is 5.75. The van der Waals surface area contributed by atoms with Gasteiger partial charge in [-0.15, -0.1) is 0 Å². The molecule has 2 nitrogen and oxygen atoms in total. The zero-order valence-electron chi connectivity index (χ0n) is 9.58. The lowest BCUT2D eigenvalue weighted by atomic mass is 10.3. The molecule has 0 unspecified atom stereocenters. The summed E-state index contributed by atoms with van der Waals surface area (Å²) in [5.41, 5.74) is 1.08. The minimum Gasteiger partial charge on any atom is -0.332 e. The molecule has 0 radical (unpaired) electrons. The first-order chi connectivity index (χ1) is 9.06. The van der Waals surface area contributed by atoms with Crippen LogP contribution in [0.2, 0.25) is 5.02 Å². The minimum atomic E-state index is -0.518. The predicted octanol–water partition coefficient (Wildman–Crippen LogP) is 4.89. The van der Waals surface area contributed by atoms with Crippen LogP contribution < -0.4 is 10.6 Å². The molecule has 2 aromatic carbocycles. The maximum Gasteiger partial charge on any atom is 0.175 e. The normalized spacial score (nSPS) is 10.1. The summed E-state index contributed by atoms with van der Waals surface area (Å²) in [6.07, 6.45) is 0. The molecule has 0 aliphatic rings. The third kappa shape index (κ3) is 4.02. The highest BCUT2D eigenvalue weighted by atomic mass is 127. The van der Waals surface area contributed by atoms with Crippen LogP contribution in [0.15, 0.2) is 42.5 Å². The van der Waals surface area contributed by atoms with Crippen molar-refractivity contribution in [3.8, 4) is 0 Å². The number of anilines is 2. The Hall–Kier alpha value is -0.920. The second kappa shape index (κ2) is 6.49. The zero-order chi connectivity index (χ0) is 13.8. The van der Waals surface area contributed by atoms with Gasteiger partial charge in [-0.2, -0.15) is 0 Å². The summed E-state index contributed by atoms with van der Waals surface area (Å²) >= 11 is 13.0. The van der Waals surface area contributed by atoms with Crippen molar-refractivity contribution in [1.82, 2.24) is 0 Å². The number of halogens is 3. The summed E-state index contributed by atoms with van der Waals surface area (Å²) in [4.78, 5) is 0. The van der Waals surface area contributed by atoms with Crippen LogP contribution in [-0.4, -0.2) is 5.11 Å². The van der Waals surface area contributed by atoms with Crippen LogP contribution in [-0.2, 0) is 0 Å². The van der Waals surface area contributed by atoms with E-state index < -0.39 is 5.82 Å². The van der Waals surface area contributed by atoms with Crippen LogP contribution in [0.4, 0.5) is 15.8 Å². The van der Waals surface area contributed by atoms with Crippen LogP contribution in [0.5, 0.6) is 0 Å². The van der Waals surface area contributed by atoms with Gasteiger partial charge in [-0.3, -0.25) is 0 Å². The van der Waals surface area contributed by atoms with E-state index in [1.807, 2.05) is 24.3 Å². The molecule has 0 heterocycles. The number of thiocarbonyl (C=S) groups is 1. The summed E-state index contributed by atoms with van der Waals surface area (Å²) in [6, 6.07) is 12.4. The number of rotatable bonds is 2. The van der Waals surface area contributed by atoms with Gasteiger partial charge in [0.15, 0.2) is 10.9 Å². The standard InChI is InChI=1S/C13H9ClFIN2S/c14-10-2-1-3-11(12(10)15)18-13(19)17-9-6-4-8(16)5-7-9/h1-7H,(H2,17,18,19). The molecule has 0 saturated heterocycles. The van der Waals surface area contributed by atoms with Crippen LogP contribution in [0.25, 0.3) is 0 Å². The molecule has 0 spiro atoms. The van der Waals surface area contributed by atoms with Gasteiger partial charge < -0.3 is 10.6 Å². The summed E-state index contributed by atoms with van der Waals surface area (Å²) in [6.45, 7) is 0. The second-order valence-electron chi connectivity index (χ2n) is 3.69. The summed E-state index contributed by atoms with van der Waals surface area (Å²) in [5, 5.41) is 6.11. The van der Waals surface area contributed by atoms with Crippen LogP contribution in [0, 0.1) is 9.39 Å². The van der Waals surface area contributed by atoms with Crippen molar-refractivity contribution in [2.24, 2.45) is 0 Å². The monoisotopic (exact) mass is 406 g/mol. The number of hydrogen-bond acceptors (Lipinski definition) is 1. The van der Waals surface area contributed by atoms with Crippen molar-refractivity contribution in [3.05, 3.63) is 56.9 Å². The Balaban J connectivity index is 2.05. The number of nitrogens with one attached hydrogen (secondary N) is 2. The van der Waals surface area contributed by atoms with E-state index in [9.17, 15) is 4.39 Å². The van der Waals surface area contributed by atoms with Gasteiger partial charge in [0.05, 0.1) is 10.7 Å². The van der Waals surface area contributed by atoms with Gasteiger partial charge in [-0.25, -0.2) is 4.39 Å². The topological polar surface area (TPSA) is 24.1 Å². The van der Waals surface area contributed by atoms with Crippen molar-refractivity contribution in [2.45, 2.75) is 0 Å². The fourth-order valence-electron chi connectivity index (χ4n) is 1.42. The molecule has 19 heavy (non-hydrogen) atoms. The Bertz CT molecular complexity index is 604. The first-order valence-electron chi connectivity index (χ1n) is 5.34. The molecule has 0 aliphatic heterocycles. The molecule has 0 fully saturated rings. The Morgan fingerprint density at radius 1 is 1.11 bits per heavy atom. The predicted molar refractivity (Wildman–Crippen MR) is 90.4 cm³/mol. The van der Waals surface area contributed by atoms with Gasteiger partial charge in [0.2, 0.25) is 0 Å². The highest BCUT2D eigenvalue weighted by molar-refractivity contribution is 14.1. The molecule has 98 valence electrons. The van der Waals surface area contributed by atoms with Gasteiger partial charge in [-0.05, 0) is 71.2 Å². The molecule has 0 atom stereocenters. The zero-order valence-corrected chi connectivity index (χ0v) is 13.3. The van der Waals surface area contributed by atoms with E-state index in [0.29, 0.717) is 5.11 Å². The minimum absolute atomic E-state index is 0.0575. The van der Waals surface area contributed by atoms with Crippen molar-refractivity contribution < 1.29 is 4.39 Å². The maximum atomic E-state index is 13.7. The van der Waals surface area contributed by atoms with Crippen molar-refractivity contribution in [2.75, 3.05) is 10.6 Å². The molecule has 0 saturated carbocycles. The molecule has 2 aromatic rings. The van der Waals surface area contributed by atoms with E-state index in [4.69, 9.17) is 23.8 Å². The molecule has 2 rings (SSSR count). The Labute approximate surface area is 134 Å². The third-order valence-electron chi connectivity index (χ3n) is 2.30. The maximum absolute atomic E-state index is 13.7. The van der Waals surface area contributed by atoms with Crippen molar-refractivity contribution in [1.29, 1.82) is 0 Å². The first-order valence-corrected chi connectivity index (χ1v) is 7.20. The molecule has 0 amide bonds. The lowest BCUT2D eigenvalue weighted by molar-refractivity contribution is 0.632. The Morgan fingerprint density at radius 2 is 1.79 bits per heavy atom. The highest BCUT2D eigenvalue weighted by Gasteiger charge is 2.07. The Kier molecular flexibility index (Phi) is 4.95. The lowest BCUT2D eigenvalue weighted by Gasteiger charge is -2.11. The Morgan fingerprint density at radius 3 is 2.47 bits per heavy atom. The largest absolute Gasteiger partial charge is 0.332 e. The average molecular weight is 407 g/mol. The van der Waals surface area contributed by atoms with Crippen molar-refractivity contribution in [3.63, 3.8) is 0 Å². The van der Waals surface area contributed by atoms with Gasteiger partial charge in [0, 0.05) is 9.26 Å². The number of benzene rings is 2. The third-order valence-corrected chi connectivity index (χ3v) is 3.52. The molecule has 6 heteroatoms. The van der Waals surface area contributed by atoms with Gasteiger partial charge in [-0.1, -0.05) is 17.7 Å². The quantitative estimate of drug-likeness (QED) is 0.548. The van der Waals surface area contributed by atoms with E-state index in [1.165, 1.54) is 6.07 Å². The average Bonchev–Trinajstić information content (AvgIpc) is 2.38. The van der Waals surface area contributed by atoms with Crippen LogP contribution in [0.1, 0.15) is 0 Å². The van der Waals surface area contributed by atoms with Crippen LogP contribution >= 0.6 is 46.4 Å². The van der Waals surface area contributed by atoms with Gasteiger partial charge in [0.1, 0.15) is 0 Å². The molecular formula is C13H9ClFIN2S. The van der Waals surface area contributed by atoms with E-state index >= 15 is 0 Å². The van der Waals surface area contributed by atoms with E-state index in [2.05, 4.69) is 33.2 Å². The van der Waals surface area contributed by atoms with Gasteiger partial charge >= 0.3 is 0 Å². The van der Waals surface area contributed by atoms with E-state index in [-0.39, 0.29) is 10.7 Å². The summed E-state index contributed by atoms with van der Waals surface area (Å²) in [5.74, 6) is -0.518. The van der Waals surface area contributed by atoms with Crippen LogP contribution in [0.3, 0.4) is 0 Å². The first kappa shape index (κ1) is 14.5. The molecule has 0 aromatic heterocycles. The highest BCUT2D eigenvalue weighted by Crippen LogP contribution is 2.22. The van der Waals surface area contributed by atoms with Crippen molar-refractivity contribution >= 4 is 62.9 Å². The SMILES string of the molecule is Fc1c(Cl)cccc1NC(=S)Nc1ccc(I)cc1.